The van der Waals surface area contributed by atoms with Gasteiger partial charge >= 0.3 is 5.97 Å². The molecule has 0 bridgehead atoms. The predicted octanol–water partition coefficient (Wildman–Crippen LogP) is 1.49. The van der Waals surface area contributed by atoms with E-state index in [-0.39, 0.29) is 5.79 Å². The topological polar surface area (TPSA) is 71.9 Å². The Balaban J connectivity index is 1.59. The van der Waals surface area contributed by atoms with Gasteiger partial charge in [0.1, 0.15) is 9.88 Å². The molecule has 2 saturated heterocycles. The number of aromatic nitrogens is 1. The van der Waals surface area contributed by atoms with Gasteiger partial charge in [0, 0.05) is 25.9 Å². The highest BCUT2D eigenvalue weighted by Gasteiger charge is 2.39. The Morgan fingerprint density at radius 3 is 2.60 bits per heavy atom. The minimum Gasteiger partial charge on any atom is -0.477 e. The third-order valence-electron chi connectivity index (χ3n) is 3.83. The Hall–Kier alpha value is -1.02. The fraction of sp³-hybridized carbons (Fsp3) is 0.692. The van der Waals surface area contributed by atoms with E-state index in [1.165, 1.54) is 11.3 Å². The molecule has 2 fully saturated rings. The van der Waals surface area contributed by atoms with Gasteiger partial charge in [0.15, 0.2) is 5.79 Å². The van der Waals surface area contributed by atoms with Crippen LogP contribution in [0.25, 0.3) is 0 Å². The van der Waals surface area contributed by atoms with Gasteiger partial charge in [-0.05, 0) is 6.92 Å². The first-order chi connectivity index (χ1) is 9.58. The van der Waals surface area contributed by atoms with E-state index in [4.69, 9.17) is 14.6 Å². The molecular formula is C13H18N2O4S. The zero-order valence-electron chi connectivity index (χ0n) is 11.4. The van der Waals surface area contributed by atoms with Crippen molar-refractivity contribution in [3.8, 4) is 0 Å². The molecule has 0 atom stereocenters. The van der Waals surface area contributed by atoms with Crippen LogP contribution < -0.4 is 0 Å². The van der Waals surface area contributed by atoms with Gasteiger partial charge in [-0.3, -0.25) is 4.90 Å². The Morgan fingerprint density at radius 2 is 2.05 bits per heavy atom. The fourth-order valence-electron chi connectivity index (χ4n) is 2.75. The van der Waals surface area contributed by atoms with E-state index in [1.807, 2.05) is 0 Å². The summed E-state index contributed by atoms with van der Waals surface area (Å²) in [5.74, 6) is -1.25. The summed E-state index contributed by atoms with van der Waals surface area (Å²) in [6.45, 7) is 5.60. The number of hydrogen-bond donors (Lipinski definition) is 1. The molecule has 2 aliphatic rings. The molecule has 1 aromatic rings. The standard InChI is InChI=1S/C13H18N2O4S/c1-9-11(12(16)17)20-10(14-9)8-15-4-2-13(3-5-15)18-6-7-19-13/h2-8H2,1H3,(H,16,17). The molecule has 6 nitrogen and oxygen atoms in total. The maximum Gasteiger partial charge on any atom is 0.347 e. The van der Waals surface area contributed by atoms with Crippen LogP contribution in [0, 0.1) is 6.92 Å². The maximum atomic E-state index is 11.0. The first-order valence-corrected chi connectivity index (χ1v) is 7.59. The molecule has 1 N–H and O–H groups in total. The van der Waals surface area contributed by atoms with Crippen molar-refractivity contribution in [1.29, 1.82) is 0 Å². The fourth-order valence-corrected chi connectivity index (χ4v) is 3.69. The summed E-state index contributed by atoms with van der Waals surface area (Å²) in [6, 6.07) is 0. The molecule has 110 valence electrons. The molecule has 0 saturated carbocycles. The summed E-state index contributed by atoms with van der Waals surface area (Å²) in [4.78, 5) is 18.0. The van der Waals surface area contributed by atoms with Crippen molar-refractivity contribution in [3.05, 3.63) is 15.6 Å². The number of nitrogens with zero attached hydrogens (tertiary/aromatic N) is 2. The van der Waals surface area contributed by atoms with Gasteiger partial charge in [-0.25, -0.2) is 9.78 Å². The Labute approximate surface area is 121 Å². The third-order valence-corrected chi connectivity index (χ3v) is 4.96. The van der Waals surface area contributed by atoms with E-state index in [0.29, 0.717) is 30.3 Å². The van der Waals surface area contributed by atoms with Gasteiger partial charge in [-0.2, -0.15) is 0 Å². The van der Waals surface area contributed by atoms with Crippen LogP contribution in [0.5, 0.6) is 0 Å². The lowest BCUT2D eigenvalue weighted by molar-refractivity contribution is -0.185. The smallest absolute Gasteiger partial charge is 0.347 e. The number of likely N-dealkylation sites (tertiary alicyclic amines) is 1. The molecular weight excluding hydrogens is 280 g/mol. The number of hydrogen-bond acceptors (Lipinski definition) is 6. The summed E-state index contributed by atoms with van der Waals surface area (Å²) in [7, 11) is 0. The lowest BCUT2D eigenvalue weighted by Crippen LogP contribution is -2.44. The Kier molecular flexibility index (Phi) is 3.76. The van der Waals surface area contributed by atoms with Gasteiger partial charge in [-0.1, -0.05) is 0 Å². The number of carboxylic acid groups (broad SMARTS) is 1. The van der Waals surface area contributed by atoms with Crippen LogP contribution in [0.3, 0.4) is 0 Å². The molecule has 0 amide bonds. The first kappa shape index (κ1) is 13.9. The summed E-state index contributed by atoms with van der Waals surface area (Å²) in [5.41, 5.74) is 0.605. The molecule has 7 heteroatoms. The number of ether oxygens (including phenoxy) is 2. The average molecular weight is 298 g/mol. The Morgan fingerprint density at radius 1 is 1.40 bits per heavy atom. The lowest BCUT2D eigenvalue weighted by Gasteiger charge is -2.37. The minimum atomic E-state index is -0.892. The molecule has 0 aliphatic carbocycles. The van der Waals surface area contributed by atoms with E-state index in [1.54, 1.807) is 6.92 Å². The second kappa shape index (κ2) is 5.40. The minimum absolute atomic E-state index is 0.343. The summed E-state index contributed by atoms with van der Waals surface area (Å²) >= 11 is 1.27. The highest BCUT2D eigenvalue weighted by Crippen LogP contribution is 2.32. The highest BCUT2D eigenvalue weighted by atomic mass is 32.1. The first-order valence-electron chi connectivity index (χ1n) is 6.78. The van der Waals surface area contributed by atoms with E-state index in [9.17, 15) is 4.79 Å². The number of rotatable bonds is 3. The molecule has 1 aromatic heterocycles. The van der Waals surface area contributed by atoms with Crippen molar-refractivity contribution in [2.75, 3.05) is 26.3 Å². The molecule has 0 radical (unpaired) electrons. The largest absolute Gasteiger partial charge is 0.477 e. The van der Waals surface area contributed by atoms with Crippen LogP contribution >= 0.6 is 11.3 Å². The quantitative estimate of drug-likeness (QED) is 0.911. The second-order valence-corrected chi connectivity index (χ2v) is 6.29. The monoisotopic (exact) mass is 298 g/mol. The van der Waals surface area contributed by atoms with Gasteiger partial charge in [0.05, 0.1) is 25.5 Å². The molecule has 20 heavy (non-hydrogen) atoms. The van der Waals surface area contributed by atoms with Gasteiger partial charge < -0.3 is 14.6 Å². The molecule has 1 spiro atoms. The third kappa shape index (κ3) is 2.71. The van der Waals surface area contributed by atoms with Crippen molar-refractivity contribution < 1.29 is 19.4 Å². The number of thiazole rings is 1. The Bertz CT molecular complexity index is 500. The van der Waals surface area contributed by atoms with E-state index < -0.39 is 5.97 Å². The normalized spacial score (nSPS) is 22.4. The van der Waals surface area contributed by atoms with E-state index in [2.05, 4.69) is 9.88 Å². The van der Waals surface area contributed by atoms with Crippen molar-refractivity contribution in [3.63, 3.8) is 0 Å². The average Bonchev–Trinajstić information content (AvgIpc) is 3.00. The van der Waals surface area contributed by atoms with Crippen LogP contribution in [0.2, 0.25) is 0 Å². The lowest BCUT2D eigenvalue weighted by atomic mass is 10.0. The number of carboxylic acids is 1. The summed E-state index contributed by atoms with van der Waals surface area (Å²) in [5, 5.41) is 9.91. The van der Waals surface area contributed by atoms with Gasteiger partial charge in [0.25, 0.3) is 0 Å². The van der Waals surface area contributed by atoms with Crippen LogP contribution in [-0.4, -0.2) is 53.1 Å². The summed E-state index contributed by atoms with van der Waals surface area (Å²) < 4.78 is 11.4. The van der Waals surface area contributed by atoms with E-state index in [0.717, 1.165) is 30.9 Å². The second-order valence-electron chi connectivity index (χ2n) is 5.21. The van der Waals surface area contributed by atoms with Crippen LogP contribution in [0.1, 0.15) is 33.2 Å². The molecule has 3 heterocycles. The van der Waals surface area contributed by atoms with Gasteiger partial charge in [-0.15, -0.1) is 11.3 Å². The van der Waals surface area contributed by atoms with Crippen LogP contribution in [0.4, 0.5) is 0 Å². The zero-order valence-corrected chi connectivity index (χ0v) is 12.2. The van der Waals surface area contributed by atoms with Crippen LogP contribution in [-0.2, 0) is 16.0 Å². The molecule has 0 aromatic carbocycles. The van der Waals surface area contributed by atoms with Crippen LogP contribution in [0.15, 0.2) is 0 Å². The van der Waals surface area contributed by atoms with E-state index >= 15 is 0 Å². The number of piperidine rings is 1. The molecule has 2 aliphatic heterocycles. The molecule has 3 rings (SSSR count). The number of carbonyl (C=O) groups is 1. The van der Waals surface area contributed by atoms with Gasteiger partial charge in [0.2, 0.25) is 0 Å². The number of aromatic carboxylic acids is 1. The van der Waals surface area contributed by atoms with Crippen molar-refractivity contribution in [2.24, 2.45) is 0 Å². The zero-order chi connectivity index (χ0) is 14.2. The molecule has 0 unspecified atom stereocenters. The highest BCUT2D eigenvalue weighted by molar-refractivity contribution is 7.13. The maximum absolute atomic E-state index is 11.0. The SMILES string of the molecule is Cc1nc(CN2CCC3(CC2)OCCO3)sc1C(=O)O. The van der Waals surface area contributed by atoms with Crippen molar-refractivity contribution in [1.82, 2.24) is 9.88 Å². The van der Waals surface area contributed by atoms with Crippen molar-refractivity contribution >= 4 is 17.3 Å². The van der Waals surface area contributed by atoms with Crippen molar-refractivity contribution in [2.45, 2.75) is 32.1 Å². The number of aryl methyl sites for hydroxylation is 1. The summed E-state index contributed by atoms with van der Waals surface area (Å²) in [6.07, 6.45) is 1.73. The predicted molar refractivity (Wildman–Crippen MR) is 73.0 cm³/mol.